The van der Waals surface area contributed by atoms with Crippen molar-refractivity contribution in [3.63, 3.8) is 0 Å². The molecule has 1 aromatic carbocycles. The van der Waals surface area contributed by atoms with Crippen molar-refractivity contribution in [1.29, 1.82) is 0 Å². The molecule has 1 N–H and O–H groups in total. The van der Waals surface area contributed by atoms with E-state index in [2.05, 4.69) is 16.9 Å². The lowest BCUT2D eigenvalue weighted by molar-refractivity contribution is -0.136. The molecule has 7 heteroatoms. The van der Waals surface area contributed by atoms with E-state index in [1.165, 1.54) is 0 Å². The Labute approximate surface area is 145 Å². The molecule has 1 fully saturated rings. The number of benzene rings is 1. The van der Waals surface area contributed by atoms with Crippen molar-refractivity contribution < 1.29 is 9.59 Å². The number of nitrogens with zero attached hydrogens (tertiary/aromatic N) is 3. The number of thioether (sulfide) groups is 1. The molecule has 6 nitrogen and oxygen atoms in total. The minimum absolute atomic E-state index is 0.0787. The summed E-state index contributed by atoms with van der Waals surface area (Å²) >= 11 is 1.59. The van der Waals surface area contributed by atoms with Crippen molar-refractivity contribution in [2.75, 3.05) is 31.9 Å². The number of hydrogen-bond donors (Lipinski definition) is 1. The van der Waals surface area contributed by atoms with E-state index in [1.807, 2.05) is 29.2 Å². The SMILES string of the molecule is CC(=O)N1CCN(C(=O)CSC(C)c2nc3ccccc3[nH]2)CC1. The fourth-order valence-corrected chi connectivity index (χ4v) is 3.65. The van der Waals surface area contributed by atoms with Gasteiger partial charge in [0.05, 0.1) is 22.0 Å². The lowest BCUT2D eigenvalue weighted by atomic mass is 10.3. The molecule has 3 rings (SSSR count). The van der Waals surface area contributed by atoms with Crippen LogP contribution in [0.5, 0.6) is 0 Å². The monoisotopic (exact) mass is 346 g/mol. The van der Waals surface area contributed by atoms with Gasteiger partial charge in [-0.05, 0) is 19.1 Å². The number of aromatic amines is 1. The van der Waals surface area contributed by atoms with Gasteiger partial charge < -0.3 is 14.8 Å². The van der Waals surface area contributed by atoms with Crippen LogP contribution in [0.15, 0.2) is 24.3 Å². The van der Waals surface area contributed by atoms with Gasteiger partial charge in [0, 0.05) is 33.1 Å². The summed E-state index contributed by atoms with van der Waals surface area (Å²) in [7, 11) is 0. The van der Waals surface area contributed by atoms with Crippen molar-refractivity contribution in [3.05, 3.63) is 30.1 Å². The van der Waals surface area contributed by atoms with Crippen LogP contribution in [0.4, 0.5) is 0 Å². The zero-order valence-corrected chi connectivity index (χ0v) is 14.8. The summed E-state index contributed by atoms with van der Waals surface area (Å²) in [6.45, 7) is 6.14. The number of aromatic nitrogens is 2. The Morgan fingerprint density at radius 2 is 1.88 bits per heavy atom. The summed E-state index contributed by atoms with van der Waals surface area (Å²) in [5.74, 6) is 1.54. The summed E-state index contributed by atoms with van der Waals surface area (Å²) in [4.78, 5) is 35.2. The second-order valence-electron chi connectivity index (χ2n) is 5.98. The minimum Gasteiger partial charge on any atom is -0.341 e. The lowest BCUT2D eigenvalue weighted by Crippen LogP contribution is -2.50. The van der Waals surface area contributed by atoms with E-state index in [0.29, 0.717) is 31.9 Å². The Morgan fingerprint density at radius 1 is 1.21 bits per heavy atom. The number of hydrogen-bond acceptors (Lipinski definition) is 4. The zero-order chi connectivity index (χ0) is 17.1. The Morgan fingerprint density at radius 3 is 2.54 bits per heavy atom. The Bertz CT molecular complexity index is 704. The molecule has 0 saturated carbocycles. The van der Waals surface area contributed by atoms with E-state index in [4.69, 9.17) is 0 Å². The maximum absolute atomic E-state index is 12.4. The van der Waals surface area contributed by atoms with E-state index >= 15 is 0 Å². The Hall–Kier alpha value is -2.02. The van der Waals surface area contributed by atoms with Gasteiger partial charge in [0.15, 0.2) is 0 Å². The van der Waals surface area contributed by atoms with Gasteiger partial charge >= 0.3 is 0 Å². The quantitative estimate of drug-likeness (QED) is 0.920. The summed E-state index contributed by atoms with van der Waals surface area (Å²) in [6, 6.07) is 7.93. The number of carbonyl (C=O) groups is 2. The first-order valence-electron chi connectivity index (χ1n) is 8.14. The molecule has 1 aliphatic heterocycles. The van der Waals surface area contributed by atoms with Gasteiger partial charge in [-0.2, -0.15) is 0 Å². The van der Waals surface area contributed by atoms with Crippen LogP contribution in [-0.2, 0) is 9.59 Å². The van der Waals surface area contributed by atoms with E-state index < -0.39 is 0 Å². The molecule has 1 saturated heterocycles. The van der Waals surface area contributed by atoms with Crippen LogP contribution in [0.3, 0.4) is 0 Å². The van der Waals surface area contributed by atoms with Crippen LogP contribution in [-0.4, -0.2) is 63.5 Å². The highest BCUT2D eigenvalue weighted by Gasteiger charge is 2.23. The average molecular weight is 346 g/mol. The van der Waals surface area contributed by atoms with Crippen molar-refractivity contribution in [2.24, 2.45) is 0 Å². The largest absolute Gasteiger partial charge is 0.341 e. The molecule has 1 unspecified atom stereocenters. The van der Waals surface area contributed by atoms with Crippen LogP contribution in [0.2, 0.25) is 0 Å². The summed E-state index contributed by atoms with van der Waals surface area (Å²) in [6.07, 6.45) is 0. The highest BCUT2D eigenvalue weighted by atomic mass is 32.2. The summed E-state index contributed by atoms with van der Waals surface area (Å²) in [5.41, 5.74) is 1.97. The van der Waals surface area contributed by atoms with Gasteiger partial charge in [0.2, 0.25) is 11.8 Å². The first kappa shape index (κ1) is 16.8. The molecule has 2 amide bonds. The number of fused-ring (bicyclic) bond motifs is 1. The van der Waals surface area contributed by atoms with Gasteiger partial charge in [0.1, 0.15) is 5.82 Å². The lowest BCUT2D eigenvalue weighted by Gasteiger charge is -2.34. The standard InChI is InChI=1S/C17H22N4O2S/c1-12(17-18-14-5-3-4-6-15(14)19-17)24-11-16(23)21-9-7-20(8-10-21)13(2)22/h3-6,12H,7-11H2,1-2H3,(H,18,19). The molecular formula is C17H22N4O2S. The third kappa shape index (κ3) is 3.72. The predicted octanol–water partition coefficient (Wildman–Crippen LogP) is 2.05. The van der Waals surface area contributed by atoms with Crippen molar-refractivity contribution >= 4 is 34.6 Å². The van der Waals surface area contributed by atoms with E-state index in [9.17, 15) is 9.59 Å². The molecule has 24 heavy (non-hydrogen) atoms. The van der Waals surface area contributed by atoms with Crippen molar-refractivity contribution in [2.45, 2.75) is 19.1 Å². The molecule has 0 spiro atoms. The van der Waals surface area contributed by atoms with Gasteiger partial charge in [0.25, 0.3) is 0 Å². The van der Waals surface area contributed by atoms with Crippen LogP contribution in [0.25, 0.3) is 11.0 Å². The second-order valence-corrected chi connectivity index (χ2v) is 7.31. The van der Waals surface area contributed by atoms with Gasteiger partial charge in [-0.25, -0.2) is 4.98 Å². The predicted molar refractivity (Wildman–Crippen MR) is 95.8 cm³/mol. The third-order valence-corrected chi connectivity index (χ3v) is 5.46. The molecule has 1 aliphatic rings. The number of imidazole rings is 1. The molecule has 128 valence electrons. The third-order valence-electron chi connectivity index (χ3n) is 4.33. The number of para-hydroxylation sites is 2. The zero-order valence-electron chi connectivity index (χ0n) is 14.0. The van der Waals surface area contributed by atoms with Gasteiger partial charge in [-0.3, -0.25) is 9.59 Å². The number of rotatable bonds is 4. The van der Waals surface area contributed by atoms with Gasteiger partial charge in [-0.1, -0.05) is 12.1 Å². The Balaban J connectivity index is 1.51. The van der Waals surface area contributed by atoms with E-state index in [0.717, 1.165) is 16.9 Å². The smallest absolute Gasteiger partial charge is 0.232 e. The minimum atomic E-state index is 0.0787. The normalized spacial score (nSPS) is 16.4. The number of nitrogens with one attached hydrogen (secondary N) is 1. The fourth-order valence-electron chi connectivity index (χ4n) is 2.80. The highest BCUT2D eigenvalue weighted by Crippen LogP contribution is 2.28. The van der Waals surface area contributed by atoms with E-state index in [-0.39, 0.29) is 17.1 Å². The molecule has 2 heterocycles. The first-order valence-corrected chi connectivity index (χ1v) is 9.19. The van der Waals surface area contributed by atoms with Crippen molar-refractivity contribution in [3.8, 4) is 0 Å². The topological polar surface area (TPSA) is 69.3 Å². The van der Waals surface area contributed by atoms with Crippen molar-refractivity contribution in [1.82, 2.24) is 19.8 Å². The van der Waals surface area contributed by atoms with Crippen LogP contribution < -0.4 is 0 Å². The van der Waals surface area contributed by atoms with E-state index in [1.54, 1.807) is 23.6 Å². The van der Waals surface area contributed by atoms with Crippen LogP contribution in [0.1, 0.15) is 24.9 Å². The second kappa shape index (κ2) is 7.25. The molecular weight excluding hydrogens is 324 g/mol. The first-order chi connectivity index (χ1) is 11.5. The number of H-pyrrole nitrogens is 1. The highest BCUT2D eigenvalue weighted by molar-refractivity contribution is 8.00. The molecule has 0 bridgehead atoms. The molecule has 0 aliphatic carbocycles. The molecule has 1 atom stereocenters. The summed E-state index contributed by atoms with van der Waals surface area (Å²) in [5, 5.41) is 0.125. The van der Waals surface area contributed by atoms with Crippen LogP contribution in [0, 0.1) is 0 Å². The van der Waals surface area contributed by atoms with Gasteiger partial charge in [-0.15, -0.1) is 11.8 Å². The summed E-state index contributed by atoms with van der Waals surface area (Å²) < 4.78 is 0. The number of carbonyl (C=O) groups excluding carboxylic acids is 2. The molecule has 2 aromatic rings. The number of amides is 2. The molecule has 1 aromatic heterocycles. The average Bonchev–Trinajstić information content (AvgIpc) is 3.03. The Kier molecular flexibility index (Phi) is 5.08. The fraction of sp³-hybridized carbons (Fsp3) is 0.471. The maximum Gasteiger partial charge on any atom is 0.232 e. The maximum atomic E-state index is 12.4. The number of piperazine rings is 1. The van der Waals surface area contributed by atoms with Crippen LogP contribution >= 0.6 is 11.8 Å². The molecule has 0 radical (unpaired) electrons.